The lowest BCUT2D eigenvalue weighted by Gasteiger charge is -2.18. The SMILES string of the molecule is N#C/C(=C/N(CCO)CCO)C(=O)Nc1ccccc1Sc1ccccc1. The summed E-state index contributed by atoms with van der Waals surface area (Å²) < 4.78 is 0. The monoisotopic (exact) mass is 383 g/mol. The van der Waals surface area contributed by atoms with Crippen LogP contribution in [0.2, 0.25) is 0 Å². The first kappa shape index (κ1) is 20.5. The van der Waals surface area contributed by atoms with Crippen molar-refractivity contribution >= 4 is 23.4 Å². The molecule has 1 amide bonds. The molecule has 0 saturated carbocycles. The van der Waals surface area contributed by atoms with Gasteiger partial charge < -0.3 is 20.4 Å². The van der Waals surface area contributed by atoms with Crippen LogP contribution in [0.5, 0.6) is 0 Å². The first-order valence-corrected chi connectivity index (χ1v) is 9.20. The largest absolute Gasteiger partial charge is 0.395 e. The number of anilines is 1. The van der Waals surface area contributed by atoms with Crippen molar-refractivity contribution < 1.29 is 15.0 Å². The van der Waals surface area contributed by atoms with Crippen LogP contribution >= 0.6 is 11.8 Å². The van der Waals surface area contributed by atoms with Crippen molar-refractivity contribution in [2.24, 2.45) is 0 Å². The third-order valence-corrected chi connectivity index (χ3v) is 4.64. The van der Waals surface area contributed by atoms with E-state index in [2.05, 4.69) is 5.32 Å². The van der Waals surface area contributed by atoms with Crippen molar-refractivity contribution in [3.05, 3.63) is 66.4 Å². The number of carbonyl (C=O) groups is 1. The molecule has 6 nitrogen and oxygen atoms in total. The Morgan fingerprint density at radius 2 is 1.70 bits per heavy atom. The van der Waals surface area contributed by atoms with Crippen LogP contribution in [-0.4, -0.2) is 47.3 Å². The van der Waals surface area contributed by atoms with E-state index in [4.69, 9.17) is 10.2 Å². The Hall–Kier alpha value is -2.79. The van der Waals surface area contributed by atoms with Crippen LogP contribution in [0.25, 0.3) is 0 Å². The van der Waals surface area contributed by atoms with Crippen LogP contribution in [0.4, 0.5) is 5.69 Å². The molecule has 0 spiro atoms. The van der Waals surface area contributed by atoms with Gasteiger partial charge >= 0.3 is 0 Å². The van der Waals surface area contributed by atoms with Gasteiger partial charge in [-0.05, 0) is 24.3 Å². The van der Waals surface area contributed by atoms with E-state index in [9.17, 15) is 10.1 Å². The van der Waals surface area contributed by atoms with E-state index < -0.39 is 5.91 Å². The number of benzene rings is 2. The zero-order chi connectivity index (χ0) is 19.5. The number of aliphatic hydroxyl groups is 2. The maximum absolute atomic E-state index is 12.5. The molecule has 0 aliphatic carbocycles. The minimum atomic E-state index is -0.542. The normalized spacial score (nSPS) is 10.9. The Balaban J connectivity index is 2.17. The highest BCUT2D eigenvalue weighted by atomic mass is 32.2. The maximum atomic E-state index is 12.5. The van der Waals surface area contributed by atoms with Crippen molar-refractivity contribution in [3.8, 4) is 6.07 Å². The summed E-state index contributed by atoms with van der Waals surface area (Å²) in [5, 5.41) is 30.2. The number of nitrogens with zero attached hydrogens (tertiary/aromatic N) is 2. The number of nitrogens with one attached hydrogen (secondary N) is 1. The zero-order valence-corrected chi connectivity index (χ0v) is 15.5. The van der Waals surface area contributed by atoms with Crippen molar-refractivity contribution in [1.29, 1.82) is 5.26 Å². The highest BCUT2D eigenvalue weighted by Gasteiger charge is 2.14. The van der Waals surface area contributed by atoms with Gasteiger partial charge in [0.2, 0.25) is 0 Å². The molecule has 0 unspecified atom stereocenters. The molecule has 27 heavy (non-hydrogen) atoms. The van der Waals surface area contributed by atoms with Crippen molar-refractivity contribution in [2.75, 3.05) is 31.6 Å². The van der Waals surface area contributed by atoms with Crippen molar-refractivity contribution in [3.63, 3.8) is 0 Å². The first-order chi connectivity index (χ1) is 13.2. The number of carbonyl (C=O) groups excluding carboxylic acids is 1. The molecular weight excluding hydrogens is 362 g/mol. The van der Waals surface area contributed by atoms with Gasteiger partial charge in [-0.15, -0.1) is 0 Å². The summed E-state index contributed by atoms with van der Waals surface area (Å²) in [7, 11) is 0. The number of aliphatic hydroxyl groups excluding tert-OH is 2. The average molecular weight is 383 g/mol. The molecule has 0 aromatic heterocycles. The summed E-state index contributed by atoms with van der Waals surface area (Å²) in [6, 6.07) is 19.0. The molecule has 140 valence electrons. The molecular formula is C20H21N3O3S. The molecule has 0 saturated heterocycles. The molecule has 0 fully saturated rings. The number of hydrogen-bond acceptors (Lipinski definition) is 6. The lowest BCUT2D eigenvalue weighted by molar-refractivity contribution is -0.112. The van der Waals surface area contributed by atoms with E-state index in [1.807, 2.05) is 54.6 Å². The van der Waals surface area contributed by atoms with Crippen LogP contribution in [0.15, 0.2) is 76.2 Å². The lowest BCUT2D eigenvalue weighted by atomic mass is 10.2. The van der Waals surface area contributed by atoms with Gasteiger partial charge in [0.15, 0.2) is 0 Å². The summed E-state index contributed by atoms with van der Waals surface area (Å²) in [5.74, 6) is -0.542. The second kappa shape index (κ2) is 11.0. The zero-order valence-electron chi connectivity index (χ0n) is 14.7. The van der Waals surface area contributed by atoms with Crippen molar-refractivity contribution in [2.45, 2.75) is 9.79 Å². The fraction of sp³-hybridized carbons (Fsp3) is 0.200. The molecule has 7 heteroatoms. The van der Waals surface area contributed by atoms with Crippen LogP contribution in [0.1, 0.15) is 0 Å². The summed E-state index contributed by atoms with van der Waals surface area (Å²) in [6.45, 7) is 0.152. The standard InChI is InChI=1S/C20H21N3O3S/c21-14-16(15-23(10-12-24)11-13-25)20(26)22-18-8-4-5-9-19(18)27-17-6-2-1-3-7-17/h1-9,15,24-25H,10-13H2,(H,22,26)/b16-15-. The topological polar surface area (TPSA) is 96.6 Å². The van der Waals surface area contributed by atoms with E-state index in [1.54, 1.807) is 6.07 Å². The number of hydrogen-bond donors (Lipinski definition) is 3. The Morgan fingerprint density at radius 3 is 2.33 bits per heavy atom. The van der Waals surface area contributed by atoms with Gasteiger partial charge in [-0.2, -0.15) is 5.26 Å². The number of amides is 1. The fourth-order valence-electron chi connectivity index (χ4n) is 2.28. The van der Waals surface area contributed by atoms with Gasteiger partial charge in [0.05, 0.1) is 18.9 Å². The first-order valence-electron chi connectivity index (χ1n) is 8.39. The lowest BCUT2D eigenvalue weighted by Crippen LogP contribution is -2.26. The van der Waals surface area contributed by atoms with Crippen LogP contribution in [-0.2, 0) is 4.79 Å². The smallest absolute Gasteiger partial charge is 0.267 e. The summed E-state index contributed by atoms with van der Waals surface area (Å²) in [5.41, 5.74) is 0.504. The van der Waals surface area contributed by atoms with Gasteiger partial charge in [0, 0.05) is 29.1 Å². The Kier molecular flexibility index (Phi) is 8.39. The van der Waals surface area contributed by atoms with Gasteiger partial charge in [0.25, 0.3) is 5.91 Å². The quantitative estimate of drug-likeness (QED) is 0.455. The second-order valence-electron chi connectivity index (χ2n) is 5.50. The van der Waals surface area contributed by atoms with Gasteiger partial charge in [-0.3, -0.25) is 4.79 Å². The minimum Gasteiger partial charge on any atom is -0.395 e. The van der Waals surface area contributed by atoms with E-state index in [0.717, 1.165) is 9.79 Å². The van der Waals surface area contributed by atoms with Gasteiger partial charge in [-0.25, -0.2) is 0 Å². The molecule has 2 rings (SSSR count). The van der Waals surface area contributed by atoms with Crippen LogP contribution in [0.3, 0.4) is 0 Å². The highest BCUT2D eigenvalue weighted by Crippen LogP contribution is 2.33. The summed E-state index contributed by atoms with van der Waals surface area (Å²) >= 11 is 1.51. The number of rotatable bonds is 9. The van der Waals surface area contributed by atoms with E-state index in [1.165, 1.54) is 22.9 Å². The average Bonchev–Trinajstić information content (AvgIpc) is 2.68. The molecule has 2 aromatic rings. The molecule has 0 heterocycles. The van der Waals surface area contributed by atoms with Gasteiger partial charge in [0.1, 0.15) is 11.6 Å². The Bertz CT molecular complexity index is 813. The molecule has 2 aromatic carbocycles. The fourth-order valence-corrected chi connectivity index (χ4v) is 3.21. The summed E-state index contributed by atoms with van der Waals surface area (Å²) in [6.07, 6.45) is 1.36. The summed E-state index contributed by atoms with van der Waals surface area (Å²) in [4.78, 5) is 16.0. The van der Waals surface area contributed by atoms with Crippen LogP contribution in [0, 0.1) is 11.3 Å². The van der Waals surface area contributed by atoms with E-state index in [-0.39, 0.29) is 31.9 Å². The number of para-hydroxylation sites is 1. The highest BCUT2D eigenvalue weighted by molar-refractivity contribution is 7.99. The number of nitriles is 1. The Morgan fingerprint density at radius 1 is 1.07 bits per heavy atom. The molecule has 3 N–H and O–H groups in total. The predicted octanol–water partition coefficient (Wildman–Crippen LogP) is 2.47. The maximum Gasteiger partial charge on any atom is 0.267 e. The van der Waals surface area contributed by atoms with E-state index in [0.29, 0.717) is 5.69 Å². The van der Waals surface area contributed by atoms with E-state index >= 15 is 0 Å². The van der Waals surface area contributed by atoms with Gasteiger partial charge in [-0.1, -0.05) is 42.1 Å². The van der Waals surface area contributed by atoms with Crippen LogP contribution < -0.4 is 5.32 Å². The molecule has 0 atom stereocenters. The second-order valence-corrected chi connectivity index (χ2v) is 6.62. The predicted molar refractivity (Wildman–Crippen MR) is 105 cm³/mol. The van der Waals surface area contributed by atoms with Crippen molar-refractivity contribution in [1.82, 2.24) is 4.90 Å². The minimum absolute atomic E-state index is 0.101. The third kappa shape index (κ3) is 6.46. The molecule has 0 bridgehead atoms. The Labute approximate surface area is 162 Å². The molecule has 0 radical (unpaired) electrons. The third-order valence-electron chi connectivity index (χ3n) is 3.56. The molecule has 0 aliphatic rings. The molecule has 0 aliphatic heterocycles.